The van der Waals surface area contributed by atoms with Crippen LogP contribution in [0.1, 0.15) is 5.56 Å². The molecule has 1 N–H and O–H groups in total. The summed E-state index contributed by atoms with van der Waals surface area (Å²) in [7, 11) is 0. The van der Waals surface area contributed by atoms with Crippen LogP contribution in [0.15, 0.2) is 54.6 Å². The Labute approximate surface area is 130 Å². The van der Waals surface area contributed by atoms with Crippen LogP contribution in [-0.4, -0.2) is 36.6 Å². The van der Waals surface area contributed by atoms with E-state index < -0.39 is 0 Å². The lowest BCUT2D eigenvalue weighted by Gasteiger charge is -2.39. The van der Waals surface area contributed by atoms with Crippen molar-refractivity contribution in [2.45, 2.75) is 12.5 Å². The summed E-state index contributed by atoms with van der Waals surface area (Å²) in [4.78, 5) is 16.8. The molecule has 4 nitrogen and oxygen atoms in total. The van der Waals surface area contributed by atoms with E-state index in [2.05, 4.69) is 34.5 Å². The zero-order valence-electron chi connectivity index (χ0n) is 12.4. The second-order valence-electron chi connectivity index (χ2n) is 5.92. The highest BCUT2D eigenvalue weighted by atomic mass is 16.2. The molecule has 2 aromatic carbocycles. The molecule has 2 aliphatic heterocycles. The maximum Gasteiger partial charge on any atom is 0.321 e. The quantitative estimate of drug-likeness (QED) is 0.877. The van der Waals surface area contributed by atoms with Gasteiger partial charge in [-0.15, -0.1) is 0 Å². The second-order valence-corrected chi connectivity index (χ2v) is 5.92. The number of carbonyl (C=O) groups excluding carboxylic acids is 1. The van der Waals surface area contributed by atoms with Gasteiger partial charge >= 0.3 is 6.03 Å². The number of rotatable bonds is 1. The molecule has 1 unspecified atom stereocenters. The molecule has 2 aromatic rings. The summed E-state index contributed by atoms with van der Waals surface area (Å²) in [6, 6.07) is 18.6. The van der Waals surface area contributed by atoms with Crippen LogP contribution in [0.5, 0.6) is 0 Å². The van der Waals surface area contributed by atoms with Crippen molar-refractivity contribution in [1.82, 2.24) is 4.90 Å². The first-order valence-electron chi connectivity index (χ1n) is 7.77. The first-order valence-corrected chi connectivity index (χ1v) is 7.77. The molecule has 1 saturated heterocycles. The highest BCUT2D eigenvalue weighted by molar-refractivity contribution is 5.89. The van der Waals surface area contributed by atoms with E-state index in [-0.39, 0.29) is 6.03 Å². The number of fused-ring (bicyclic) bond motifs is 3. The molecule has 0 bridgehead atoms. The molecule has 2 aliphatic rings. The summed E-state index contributed by atoms with van der Waals surface area (Å²) in [5.41, 5.74) is 3.60. The van der Waals surface area contributed by atoms with Gasteiger partial charge < -0.3 is 15.1 Å². The van der Waals surface area contributed by atoms with Crippen molar-refractivity contribution in [3.05, 3.63) is 60.2 Å². The van der Waals surface area contributed by atoms with Crippen molar-refractivity contribution >= 4 is 17.4 Å². The molecule has 22 heavy (non-hydrogen) atoms. The Hall–Kier alpha value is -2.49. The Morgan fingerprint density at radius 2 is 1.77 bits per heavy atom. The number of para-hydroxylation sites is 2. The number of benzene rings is 2. The maximum atomic E-state index is 12.4. The molecule has 4 heteroatoms. The van der Waals surface area contributed by atoms with Crippen LogP contribution < -0.4 is 10.2 Å². The van der Waals surface area contributed by atoms with Gasteiger partial charge in [0, 0.05) is 31.0 Å². The zero-order chi connectivity index (χ0) is 14.9. The zero-order valence-corrected chi connectivity index (χ0v) is 12.4. The maximum absolute atomic E-state index is 12.4. The van der Waals surface area contributed by atoms with Gasteiger partial charge in [-0.1, -0.05) is 36.4 Å². The lowest BCUT2D eigenvalue weighted by Crippen LogP contribution is -2.54. The van der Waals surface area contributed by atoms with E-state index in [0.29, 0.717) is 6.04 Å². The Morgan fingerprint density at radius 3 is 2.64 bits per heavy atom. The van der Waals surface area contributed by atoms with Crippen LogP contribution in [0.3, 0.4) is 0 Å². The van der Waals surface area contributed by atoms with E-state index in [4.69, 9.17) is 0 Å². The predicted octanol–water partition coefficient (Wildman–Crippen LogP) is 2.97. The molecule has 2 heterocycles. The summed E-state index contributed by atoms with van der Waals surface area (Å²) >= 11 is 0. The molecule has 1 fully saturated rings. The van der Waals surface area contributed by atoms with E-state index in [1.807, 2.05) is 35.2 Å². The average Bonchev–Trinajstić information content (AvgIpc) is 2.93. The molecule has 0 saturated carbocycles. The van der Waals surface area contributed by atoms with Crippen LogP contribution in [0.2, 0.25) is 0 Å². The molecule has 4 rings (SSSR count). The number of nitrogens with zero attached hydrogens (tertiary/aromatic N) is 2. The normalized spacial score (nSPS) is 19.5. The van der Waals surface area contributed by atoms with Crippen molar-refractivity contribution in [2.24, 2.45) is 0 Å². The fourth-order valence-corrected chi connectivity index (χ4v) is 3.47. The van der Waals surface area contributed by atoms with E-state index in [1.165, 1.54) is 11.3 Å². The van der Waals surface area contributed by atoms with Gasteiger partial charge in [0.2, 0.25) is 0 Å². The topological polar surface area (TPSA) is 35.6 Å². The Balaban J connectivity index is 1.44. The number of anilines is 2. The van der Waals surface area contributed by atoms with E-state index in [0.717, 1.165) is 31.7 Å². The first-order chi connectivity index (χ1) is 10.8. The highest BCUT2D eigenvalue weighted by Crippen LogP contribution is 2.33. The van der Waals surface area contributed by atoms with Crippen molar-refractivity contribution < 1.29 is 4.79 Å². The first kappa shape index (κ1) is 13.2. The van der Waals surface area contributed by atoms with Gasteiger partial charge in [-0.2, -0.15) is 0 Å². The highest BCUT2D eigenvalue weighted by Gasteiger charge is 2.35. The van der Waals surface area contributed by atoms with E-state index >= 15 is 0 Å². The van der Waals surface area contributed by atoms with Crippen LogP contribution in [0, 0.1) is 0 Å². The number of nitrogens with one attached hydrogen (secondary N) is 1. The third-order valence-electron chi connectivity index (χ3n) is 4.55. The van der Waals surface area contributed by atoms with Crippen LogP contribution in [-0.2, 0) is 6.42 Å². The fourth-order valence-electron chi connectivity index (χ4n) is 3.47. The summed E-state index contributed by atoms with van der Waals surface area (Å²) < 4.78 is 0. The molecule has 0 aromatic heterocycles. The largest absolute Gasteiger partial charge is 0.364 e. The molecule has 0 aliphatic carbocycles. The Kier molecular flexibility index (Phi) is 3.22. The van der Waals surface area contributed by atoms with Gasteiger partial charge in [0.1, 0.15) is 0 Å². The molecular formula is C18H19N3O. The van der Waals surface area contributed by atoms with Gasteiger partial charge in [0.25, 0.3) is 0 Å². The number of amides is 2. The molecule has 112 valence electrons. The number of carbonyl (C=O) groups is 1. The van der Waals surface area contributed by atoms with Gasteiger partial charge in [-0.3, -0.25) is 0 Å². The van der Waals surface area contributed by atoms with Crippen molar-refractivity contribution in [3.63, 3.8) is 0 Å². The standard InChI is InChI=1S/C18H19N3O/c22-18(19-15-7-2-1-3-8-15)20-10-11-21-16(13-20)12-14-6-4-5-9-17(14)21/h1-9,16H,10-13H2,(H,19,22). The van der Waals surface area contributed by atoms with Crippen LogP contribution in [0.25, 0.3) is 0 Å². The van der Waals surface area contributed by atoms with Gasteiger partial charge in [0.15, 0.2) is 0 Å². The minimum Gasteiger partial charge on any atom is -0.364 e. The summed E-state index contributed by atoms with van der Waals surface area (Å²) in [6.45, 7) is 2.46. The number of urea groups is 1. The van der Waals surface area contributed by atoms with E-state index in [1.54, 1.807) is 0 Å². The number of piperazine rings is 1. The van der Waals surface area contributed by atoms with Crippen molar-refractivity contribution in [2.75, 3.05) is 29.9 Å². The summed E-state index contributed by atoms with van der Waals surface area (Å²) in [5.74, 6) is 0. The van der Waals surface area contributed by atoms with Gasteiger partial charge in [-0.25, -0.2) is 4.79 Å². The average molecular weight is 293 g/mol. The third-order valence-corrected chi connectivity index (χ3v) is 4.55. The van der Waals surface area contributed by atoms with E-state index in [9.17, 15) is 4.79 Å². The molecule has 1 atom stereocenters. The SMILES string of the molecule is O=C(Nc1ccccc1)N1CCN2c3ccccc3CC2C1. The van der Waals surface area contributed by atoms with Gasteiger partial charge in [0.05, 0.1) is 6.04 Å². The van der Waals surface area contributed by atoms with Crippen molar-refractivity contribution in [1.29, 1.82) is 0 Å². The predicted molar refractivity (Wildman–Crippen MR) is 88.3 cm³/mol. The van der Waals surface area contributed by atoms with Gasteiger partial charge in [-0.05, 0) is 30.2 Å². The van der Waals surface area contributed by atoms with Crippen molar-refractivity contribution in [3.8, 4) is 0 Å². The smallest absolute Gasteiger partial charge is 0.321 e. The summed E-state index contributed by atoms with van der Waals surface area (Å²) in [6.07, 6.45) is 1.03. The molecule has 0 spiro atoms. The lowest BCUT2D eigenvalue weighted by molar-refractivity contribution is 0.199. The molecule has 0 radical (unpaired) electrons. The fraction of sp³-hybridized carbons (Fsp3) is 0.278. The molecular weight excluding hydrogens is 274 g/mol. The minimum absolute atomic E-state index is 0.00167. The Bertz CT molecular complexity index is 686. The van der Waals surface area contributed by atoms with Crippen LogP contribution in [0.4, 0.5) is 16.2 Å². The number of hydrogen-bond acceptors (Lipinski definition) is 2. The molecule has 2 amide bonds. The third kappa shape index (κ3) is 2.30. The minimum atomic E-state index is 0.00167. The Morgan fingerprint density at radius 1 is 1.00 bits per heavy atom. The summed E-state index contributed by atoms with van der Waals surface area (Å²) in [5, 5.41) is 2.98. The van der Waals surface area contributed by atoms with Crippen LogP contribution >= 0.6 is 0 Å². The second kappa shape index (κ2) is 5.37. The monoisotopic (exact) mass is 293 g/mol. The lowest BCUT2D eigenvalue weighted by atomic mass is 10.1. The number of hydrogen-bond donors (Lipinski definition) is 1.